The van der Waals surface area contributed by atoms with E-state index in [4.69, 9.17) is 9.72 Å². The first-order valence-corrected chi connectivity index (χ1v) is 13.9. The van der Waals surface area contributed by atoms with Gasteiger partial charge >= 0.3 is 0 Å². The predicted molar refractivity (Wildman–Crippen MR) is 136 cm³/mol. The van der Waals surface area contributed by atoms with Crippen molar-refractivity contribution in [3.05, 3.63) is 52.7 Å². The van der Waals surface area contributed by atoms with E-state index in [0.717, 1.165) is 29.5 Å². The smallest absolute Gasteiger partial charge is 0.251 e. The summed E-state index contributed by atoms with van der Waals surface area (Å²) in [5.41, 5.74) is 2.99. The van der Waals surface area contributed by atoms with E-state index < -0.39 is 9.84 Å². The molecule has 10 heteroatoms. The van der Waals surface area contributed by atoms with E-state index in [2.05, 4.69) is 20.6 Å². The summed E-state index contributed by atoms with van der Waals surface area (Å²) in [6.07, 6.45) is 7.40. The van der Waals surface area contributed by atoms with Crippen molar-refractivity contribution in [1.29, 1.82) is 0 Å². The van der Waals surface area contributed by atoms with Gasteiger partial charge in [-0.15, -0.1) is 0 Å². The van der Waals surface area contributed by atoms with Crippen LogP contribution in [0.15, 0.2) is 41.6 Å². The number of hydrogen-bond acceptors (Lipinski definition) is 8. The van der Waals surface area contributed by atoms with Crippen molar-refractivity contribution in [2.45, 2.75) is 38.3 Å². The Hall–Kier alpha value is -2.82. The van der Waals surface area contributed by atoms with Crippen molar-refractivity contribution in [1.82, 2.24) is 20.3 Å². The van der Waals surface area contributed by atoms with E-state index >= 15 is 0 Å². The number of anilines is 1. The lowest BCUT2D eigenvalue weighted by Crippen LogP contribution is -2.50. The molecule has 2 aliphatic heterocycles. The molecule has 2 fully saturated rings. The van der Waals surface area contributed by atoms with Gasteiger partial charge in [0.2, 0.25) is 0 Å². The Morgan fingerprint density at radius 3 is 2.80 bits per heavy atom. The summed E-state index contributed by atoms with van der Waals surface area (Å²) in [5, 5.41) is 7.84. The lowest BCUT2D eigenvalue weighted by atomic mass is 10.0. The molecule has 3 aromatic heterocycles. The number of pyridine rings is 3. The van der Waals surface area contributed by atoms with Gasteiger partial charge in [-0.25, -0.2) is 13.4 Å². The number of aromatic amines is 1. The third kappa shape index (κ3) is 5.39. The van der Waals surface area contributed by atoms with Crippen LogP contribution in [0.3, 0.4) is 0 Å². The largest absolute Gasteiger partial charge is 0.374 e. The van der Waals surface area contributed by atoms with Crippen LogP contribution in [-0.4, -0.2) is 66.7 Å². The highest BCUT2D eigenvalue weighted by molar-refractivity contribution is 7.91. The summed E-state index contributed by atoms with van der Waals surface area (Å²) >= 11 is 0. The number of rotatable bonds is 6. The molecule has 0 spiro atoms. The fraction of sp³-hybridized carbons (Fsp3) is 0.480. The van der Waals surface area contributed by atoms with Gasteiger partial charge in [-0.1, -0.05) is 6.07 Å². The van der Waals surface area contributed by atoms with Crippen LogP contribution in [-0.2, 0) is 14.6 Å². The average Bonchev–Trinajstić information content (AvgIpc) is 2.86. The summed E-state index contributed by atoms with van der Waals surface area (Å²) in [4.78, 5) is 24.5. The molecule has 0 amide bonds. The van der Waals surface area contributed by atoms with Gasteiger partial charge in [-0.3, -0.25) is 9.78 Å². The molecule has 0 saturated carbocycles. The molecule has 5 heterocycles. The van der Waals surface area contributed by atoms with Gasteiger partial charge in [0, 0.05) is 53.8 Å². The number of sulfone groups is 1. The summed E-state index contributed by atoms with van der Waals surface area (Å²) in [6, 6.07) is 5.76. The minimum atomic E-state index is -2.88. The van der Waals surface area contributed by atoms with E-state index in [1.54, 1.807) is 19.3 Å². The first-order valence-electron chi connectivity index (χ1n) is 12.1. The minimum absolute atomic E-state index is 0.00770. The molecule has 2 saturated heterocycles. The lowest BCUT2D eigenvalue weighted by Gasteiger charge is -2.34. The Morgan fingerprint density at radius 1 is 1.20 bits per heavy atom. The van der Waals surface area contributed by atoms with Crippen molar-refractivity contribution in [3.8, 4) is 11.1 Å². The number of ether oxygens (including phenoxy) is 1. The molecule has 0 aromatic carbocycles. The van der Waals surface area contributed by atoms with Gasteiger partial charge < -0.3 is 20.4 Å². The Labute approximate surface area is 204 Å². The maximum absolute atomic E-state index is 12.5. The van der Waals surface area contributed by atoms with Crippen molar-refractivity contribution >= 4 is 26.6 Å². The monoisotopic (exact) mass is 497 g/mol. The maximum atomic E-state index is 12.5. The molecule has 35 heavy (non-hydrogen) atoms. The Kier molecular flexibility index (Phi) is 6.86. The third-order valence-electron chi connectivity index (χ3n) is 7.02. The second-order valence-electron chi connectivity index (χ2n) is 9.54. The molecule has 3 aromatic rings. The Balaban J connectivity index is 1.38. The Bertz CT molecular complexity index is 1350. The molecule has 5 rings (SSSR count). The summed E-state index contributed by atoms with van der Waals surface area (Å²) in [7, 11) is -2.88. The van der Waals surface area contributed by atoms with Gasteiger partial charge in [-0.05, 0) is 50.8 Å². The van der Waals surface area contributed by atoms with Gasteiger partial charge in [0.1, 0.15) is 9.84 Å². The number of nitrogens with zero attached hydrogens (tertiary/aromatic N) is 2. The molecular formula is C25H31N5O4S. The molecule has 186 valence electrons. The van der Waals surface area contributed by atoms with Gasteiger partial charge in [0.25, 0.3) is 5.56 Å². The molecular weight excluding hydrogens is 466 g/mol. The number of hydrogen-bond donors (Lipinski definition) is 3. The molecule has 0 radical (unpaired) electrons. The van der Waals surface area contributed by atoms with Gasteiger partial charge in [0.05, 0.1) is 29.2 Å². The topological polar surface area (TPSA) is 126 Å². The highest BCUT2D eigenvalue weighted by Gasteiger charge is 2.29. The van der Waals surface area contributed by atoms with Gasteiger partial charge in [-0.2, -0.15) is 0 Å². The van der Waals surface area contributed by atoms with Crippen LogP contribution >= 0.6 is 0 Å². The van der Waals surface area contributed by atoms with Crippen LogP contribution in [0.2, 0.25) is 0 Å². The van der Waals surface area contributed by atoms with E-state index in [0.29, 0.717) is 42.9 Å². The number of aryl methyl sites for hydroxylation is 1. The van der Waals surface area contributed by atoms with Crippen LogP contribution in [0.4, 0.5) is 5.82 Å². The predicted octanol–water partition coefficient (Wildman–Crippen LogP) is 2.28. The third-order valence-corrected chi connectivity index (χ3v) is 8.73. The second-order valence-corrected chi connectivity index (χ2v) is 11.8. The average molecular weight is 498 g/mol. The van der Waals surface area contributed by atoms with Crippen LogP contribution in [0, 0.1) is 12.8 Å². The van der Waals surface area contributed by atoms with E-state index in [9.17, 15) is 13.2 Å². The van der Waals surface area contributed by atoms with Crippen LogP contribution in [0.1, 0.15) is 24.8 Å². The molecule has 2 aliphatic rings. The number of aromatic nitrogens is 3. The fourth-order valence-electron chi connectivity index (χ4n) is 4.87. The highest BCUT2D eigenvalue weighted by atomic mass is 32.2. The zero-order valence-corrected chi connectivity index (χ0v) is 20.6. The summed E-state index contributed by atoms with van der Waals surface area (Å²) in [6.45, 7) is 3.89. The number of nitrogens with one attached hydrogen (secondary N) is 3. The molecule has 0 bridgehead atoms. The van der Waals surface area contributed by atoms with E-state index in [-0.39, 0.29) is 35.1 Å². The van der Waals surface area contributed by atoms with Crippen molar-refractivity contribution < 1.29 is 13.2 Å². The number of piperidine rings is 1. The van der Waals surface area contributed by atoms with Crippen molar-refractivity contribution in [3.63, 3.8) is 0 Å². The molecule has 2 atom stereocenters. The normalized spacial score (nSPS) is 22.8. The maximum Gasteiger partial charge on any atom is 0.251 e. The first kappa shape index (κ1) is 23.9. The first-order chi connectivity index (χ1) is 16.9. The zero-order valence-electron chi connectivity index (χ0n) is 19.8. The quantitative estimate of drug-likeness (QED) is 0.474. The molecule has 0 unspecified atom stereocenters. The highest BCUT2D eigenvalue weighted by Crippen LogP contribution is 2.31. The van der Waals surface area contributed by atoms with E-state index in [1.165, 1.54) is 0 Å². The van der Waals surface area contributed by atoms with Crippen molar-refractivity contribution in [2.75, 3.05) is 36.5 Å². The van der Waals surface area contributed by atoms with Crippen LogP contribution in [0.5, 0.6) is 0 Å². The number of H-pyrrole nitrogens is 1. The second kappa shape index (κ2) is 10.0. The minimum Gasteiger partial charge on any atom is -0.374 e. The van der Waals surface area contributed by atoms with Crippen LogP contribution in [0.25, 0.3) is 22.0 Å². The standard InChI is InChI=1S/C25H31N5O4S/c1-16-11-19-20(18-3-2-7-26-12-18)13-28-24(23(19)30-25(16)31)29-21-4-8-27-14-22(21)34-15-17-5-9-35(32,33)10-6-17/h2-3,7,11-13,17,21-22,27H,4-6,8-10,14-15H2,1H3,(H,28,29)(H,30,31)/t21-,22-/m1/s1. The van der Waals surface area contributed by atoms with E-state index in [1.807, 2.05) is 24.4 Å². The summed E-state index contributed by atoms with van der Waals surface area (Å²) < 4.78 is 29.8. The fourth-order valence-corrected chi connectivity index (χ4v) is 6.46. The molecule has 9 nitrogen and oxygen atoms in total. The SMILES string of the molecule is Cc1cc2c(-c3cccnc3)cnc(N[C@@H]3CCNC[C@H]3OCC3CCS(=O)(=O)CC3)c2[nH]c1=O. The Morgan fingerprint density at radius 2 is 2.03 bits per heavy atom. The lowest BCUT2D eigenvalue weighted by molar-refractivity contribution is 0.00666. The van der Waals surface area contributed by atoms with Crippen LogP contribution < -0.4 is 16.2 Å². The zero-order chi connectivity index (χ0) is 24.4. The number of fused-ring (bicyclic) bond motifs is 1. The van der Waals surface area contributed by atoms with Crippen molar-refractivity contribution in [2.24, 2.45) is 5.92 Å². The van der Waals surface area contributed by atoms with Gasteiger partial charge in [0.15, 0.2) is 5.82 Å². The molecule has 3 N–H and O–H groups in total. The summed E-state index contributed by atoms with van der Waals surface area (Å²) in [5.74, 6) is 1.38. The molecule has 0 aliphatic carbocycles.